The number of nitrogens with zero attached hydrogens (tertiary/aromatic N) is 1. The van der Waals surface area contributed by atoms with Gasteiger partial charge in [-0.2, -0.15) is 0 Å². The van der Waals surface area contributed by atoms with Gasteiger partial charge in [0.15, 0.2) is 0 Å². The Bertz CT molecular complexity index is 851. The van der Waals surface area contributed by atoms with Crippen LogP contribution in [-0.2, 0) is 0 Å². The maximum absolute atomic E-state index is 12.8. The zero-order chi connectivity index (χ0) is 15.5. The number of nitrogens with one attached hydrogen (secondary N) is 2. The highest BCUT2D eigenvalue weighted by atomic mass is 19.1. The SMILES string of the molecule is O=C(Nc1cc(=O)n(-c2ccccc2)[nH]1)c1ccc(F)cc1. The van der Waals surface area contributed by atoms with Crippen LogP contribution in [0.3, 0.4) is 0 Å². The maximum Gasteiger partial charge on any atom is 0.273 e. The van der Waals surface area contributed by atoms with Crippen molar-refractivity contribution in [1.29, 1.82) is 0 Å². The molecule has 0 radical (unpaired) electrons. The molecule has 110 valence electrons. The lowest BCUT2D eigenvalue weighted by Crippen LogP contribution is -2.13. The average Bonchev–Trinajstić information content (AvgIpc) is 2.89. The number of carbonyl (C=O) groups excluding carboxylic acids is 1. The number of para-hydroxylation sites is 1. The second-order valence-corrected chi connectivity index (χ2v) is 4.64. The number of hydrogen-bond acceptors (Lipinski definition) is 2. The zero-order valence-corrected chi connectivity index (χ0v) is 11.4. The monoisotopic (exact) mass is 297 g/mol. The highest BCUT2D eigenvalue weighted by Gasteiger charge is 2.10. The van der Waals surface area contributed by atoms with Crippen molar-refractivity contribution in [2.45, 2.75) is 0 Å². The molecule has 0 aliphatic rings. The molecule has 0 unspecified atom stereocenters. The smallest absolute Gasteiger partial charge is 0.273 e. The van der Waals surface area contributed by atoms with E-state index in [1.54, 1.807) is 24.3 Å². The summed E-state index contributed by atoms with van der Waals surface area (Å²) in [7, 11) is 0. The molecule has 0 saturated carbocycles. The quantitative estimate of drug-likeness (QED) is 0.780. The van der Waals surface area contributed by atoms with Crippen molar-refractivity contribution in [3.05, 3.63) is 82.4 Å². The first-order valence-corrected chi connectivity index (χ1v) is 6.58. The molecule has 0 saturated heterocycles. The highest BCUT2D eigenvalue weighted by Crippen LogP contribution is 2.09. The summed E-state index contributed by atoms with van der Waals surface area (Å²) in [5, 5.41) is 5.38. The fourth-order valence-corrected chi connectivity index (χ4v) is 2.02. The number of benzene rings is 2. The molecule has 1 aromatic heterocycles. The first kappa shape index (κ1) is 13.8. The minimum absolute atomic E-state index is 0.267. The molecule has 1 heterocycles. The maximum atomic E-state index is 12.8. The normalized spacial score (nSPS) is 10.4. The Morgan fingerprint density at radius 3 is 2.41 bits per heavy atom. The van der Waals surface area contributed by atoms with Gasteiger partial charge in [-0.3, -0.25) is 14.7 Å². The van der Waals surface area contributed by atoms with Gasteiger partial charge in [0.05, 0.1) is 5.69 Å². The van der Waals surface area contributed by atoms with E-state index in [0.29, 0.717) is 11.3 Å². The number of hydrogen-bond donors (Lipinski definition) is 2. The van der Waals surface area contributed by atoms with Gasteiger partial charge in [-0.1, -0.05) is 18.2 Å². The fourth-order valence-electron chi connectivity index (χ4n) is 2.02. The molecule has 3 rings (SSSR count). The van der Waals surface area contributed by atoms with Crippen LogP contribution in [-0.4, -0.2) is 15.7 Å². The van der Waals surface area contributed by atoms with Crippen LogP contribution >= 0.6 is 0 Å². The van der Waals surface area contributed by atoms with Crippen molar-refractivity contribution in [2.75, 3.05) is 5.32 Å². The molecule has 3 aromatic rings. The molecule has 0 atom stereocenters. The van der Waals surface area contributed by atoms with Crippen LogP contribution in [0.5, 0.6) is 0 Å². The molecule has 2 N–H and O–H groups in total. The van der Waals surface area contributed by atoms with E-state index in [0.717, 1.165) is 0 Å². The Hall–Kier alpha value is -3.15. The predicted octanol–water partition coefficient (Wildman–Crippen LogP) is 2.56. The number of amides is 1. The summed E-state index contributed by atoms with van der Waals surface area (Å²) < 4.78 is 14.2. The van der Waals surface area contributed by atoms with Crippen molar-refractivity contribution in [2.24, 2.45) is 0 Å². The van der Waals surface area contributed by atoms with Crippen LogP contribution in [0.4, 0.5) is 10.2 Å². The van der Waals surface area contributed by atoms with Gasteiger partial charge in [-0.15, -0.1) is 0 Å². The molecule has 6 heteroatoms. The van der Waals surface area contributed by atoms with E-state index < -0.39 is 11.7 Å². The summed E-state index contributed by atoms with van der Waals surface area (Å²) in [4.78, 5) is 24.0. The summed E-state index contributed by atoms with van der Waals surface area (Å²) in [5.41, 5.74) is 0.671. The van der Waals surface area contributed by atoms with Gasteiger partial charge in [0.1, 0.15) is 11.6 Å². The molecule has 5 nitrogen and oxygen atoms in total. The van der Waals surface area contributed by atoms with Crippen molar-refractivity contribution >= 4 is 11.7 Å². The zero-order valence-electron chi connectivity index (χ0n) is 11.4. The third-order valence-corrected chi connectivity index (χ3v) is 3.09. The molecule has 2 aromatic carbocycles. The Morgan fingerprint density at radius 2 is 1.73 bits per heavy atom. The number of aromatic amines is 1. The van der Waals surface area contributed by atoms with Crippen LogP contribution in [0.25, 0.3) is 5.69 Å². The Labute approximate surface area is 125 Å². The standard InChI is InChI=1S/C16H12FN3O2/c17-12-8-6-11(7-9-12)16(22)18-14-10-15(21)20(19-14)13-4-2-1-3-5-13/h1-10,19H,(H,18,22). The van der Waals surface area contributed by atoms with Crippen molar-refractivity contribution < 1.29 is 9.18 Å². The van der Waals surface area contributed by atoms with E-state index in [1.165, 1.54) is 35.0 Å². The first-order chi connectivity index (χ1) is 10.6. The van der Waals surface area contributed by atoms with Gasteiger partial charge >= 0.3 is 0 Å². The second-order valence-electron chi connectivity index (χ2n) is 4.64. The number of rotatable bonds is 3. The van der Waals surface area contributed by atoms with Crippen molar-refractivity contribution in [3.63, 3.8) is 0 Å². The predicted molar refractivity (Wildman–Crippen MR) is 80.7 cm³/mol. The summed E-state index contributed by atoms with van der Waals surface area (Å²) in [5.74, 6) is -0.579. The van der Waals surface area contributed by atoms with Gasteiger partial charge in [-0.25, -0.2) is 9.07 Å². The molecular formula is C16H12FN3O2. The van der Waals surface area contributed by atoms with Crippen LogP contribution in [0.2, 0.25) is 0 Å². The second kappa shape index (κ2) is 5.69. The summed E-state index contributed by atoms with van der Waals surface area (Å²) >= 11 is 0. The molecule has 0 spiro atoms. The van der Waals surface area contributed by atoms with E-state index in [4.69, 9.17) is 0 Å². The number of carbonyl (C=O) groups is 1. The number of anilines is 1. The third kappa shape index (κ3) is 2.80. The molecule has 22 heavy (non-hydrogen) atoms. The minimum Gasteiger partial charge on any atom is -0.307 e. The van der Waals surface area contributed by atoms with E-state index in [1.807, 2.05) is 6.07 Å². The Balaban J connectivity index is 1.83. The van der Waals surface area contributed by atoms with Gasteiger partial charge in [0.2, 0.25) is 0 Å². The largest absolute Gasteiger partial charge is 0.307 e. The van der Waals surface area contributed by atoms with Gasteiger partial charge in [-0.05, 0) is 36.4 Å². The lowest BCUT2D eigenvalue weighted by Gasteiger charge is -2.04. The van der Waals surface area contributed by atoms with Crippen molar-refractivity contribution in [1.82, 2.24) is 9.78 Å². The van der Waals surface area contributed by atoms with Crippen LogP contribution in [0.1, 0.15) is 10.4 Å². The van der Waals surface area contributed by atoms with E-state index >= 15 is 0 Å². The highest BCUT2D eigenvalue weighted by molar-refractivity contribution is 6.03. The first-order valence-electron chi connectivity index (χ1n) is 6.58. The Morgan fingerprint density at radius 1 is 1.05 bits per heavy atom. The summed E-state index contributed by atoms with van der Waals surface area (Å²) in [6.07, 6.45) is 0. The van der Waals surface area contributed by atoms with Crippen LogP contribution in [0.15, 0.2) is 65.5 Å². The van der Waals surface area contributed by atoms with Crippen LogP contribution in [0, 0.1) is 5.82 Å². The topological polar surface area (TPSA) is 66.9 Å². The van der Waals surface area contributed by atoms with E-state index in [9.17, 15) is 14.0 Å². The number of halogens is 1. The summed E-state index contributed by atoms with van der Waals surface area (Å²) in [6, 6.07) is 15.4. The molecule has 0 bridgehead atoms. The lowest BCUT2D eigenvalue weighted by atomic mass is 10.2. The minimum atomic E-state index is -0.429. The number of H-pyrrole nitrogens is 1. The van der Waals surface area contributed by atoms with Gasteiger partial charge in [0, 0.05) is 11.6 Å². The van der Waals surface area contributed by atoms with E-state index in [2.05, 4.69) is 10.4 Å². The van der Waals surface area contributed by atoms with Gasteiger partial charge in [0.25, 0.3) is 11.5 Å². The third-order valence-electron chi connectivity index (χ3n) is 3.09. The molecular weight excluding hydrogens is 285 g/mol. The van der Waals surface area contributed by atoms with Crippen LogP contribution < -0.4 is 10.9 Å². The Kier molecular flexibility index (Phi) is 3.57. The lowest BCUT2D eigenvalue weighted by molar-refractivity contribution is 0.102. The number of aromatic nitrogens is 2. The van der Waals surface area contributed by atoms with Gasteiger partial charge < -0.3 is 5.32 Å². The average molecular weight is 297 g/mol. The fraction of sp³-hybridized carbons (Fsp3) is 0. The van der Waals surface area contributed by atoms with Crippen molar-refractivity contribution in [3.8, 4) is 5.69 Å². The molecule has 0 aliphatic heterocycles. The molecule has 0 aliphatic carbocycles. The summed E-state index contributed by atoms with van der Waals surface area (Å²) in [6.45, 7) is 0. The molecule has 1 amide bonds. The molecule has 0 fully saturated rings. The van der Waals surface area contributed by atoms with E-state index in [-0.39, 0.29) is 11.4 Å².